The summed E-state index contributed by atoms with van der Waals surface area (Å²) in [5.74, 6) is 0.594. The molecule has 3 amide bonds. The average molecular weight is 345 g/mol. The van der Waals surface area contributed by atoms with Gasteiger partial charge in [-0.25, -0.2) is 4.79 Å². The van der Waals surface area contributed by atoms with Gasteiger partial charge in [0.1, 0.15) is 0 Å². The van der Waals surface area contributed by atoms with Crippen LogP contribution in [0.25, 0.3) is 0 Å². The largest absolute Gasteiger partial charge is 0.378 e. The Bertz CT molecular complexity index is 565. The first-order valence-corrected chi connectivity index (χ1v) is 9.14. The number of carbonyl (C=O) groups excluding carboxylic acids is 2. The van der Waals surface area contributed by atoms with E-state index in [2.05, 4.69) is 29.6 Å². The molecule has 1 N–H and O–H groups in total. The molecule has 0 unspecified atom stereocenters. The number of hydrogen-bond acceptors (Lipinski definition) is 3. The van der Waals surface area contributed by atoms with Gasteiger partial charge in [0.05, 0.1) is 19.8 Å². The van der Waals surface area contributed by atoms with Crippen molar-refractivity contribution < 1.29 is 14.3 Å². The first-order chi connectivity index (χ1) is 12.2. The molecule has 136 valence electrons. The van der Waals surface area contributed by atoms with Gasteiger partial charge in [0, 0.05) is 26.2 Å². The predicted molar refractivity (Wildman–Crippen MR) is 95.2 cm³/mol. The van der Waals surface area contributed by atoms with Crippen LogP contribution in [0.15, 0.2) is 30.3 Å². The third-order valence-corrected chi connectivity index (χ3v) is 5.02. The number of carbonyl (C=O) groups is 2. The second-order valence-corrected chi connectivity index (χ2v) is 6.77. The van der Waals surface area contributed by atoms with Gasteiger partial charge in [0.25, 0.3) is 0 Å². The van der Waals surface area contributed by atoms with E-state index in [9.17, 15) is 9.59 Å². The van der Waals surface area contributed by atoms with Crippen LogP contribution in [-0.2, 0) is 16.0 Å². The van der Waals surface area contributed by atoms with E-state index in [1.807, 2.05) is 11.0 Å². The van der Waals surface area contributed by atoms with E-state index >= 15 is 0 Å². The van der Waals surface area contributed by atoms with Crippen LogP contribution in [0.1, 0.15) is 18.4 Å². The van der Waals surface area contributed by atoms with Crippen molar-refractivity contribution in [3.05, 3.63) is 35.9 Å². The standard InChI is InChI=1S/C19H27N3O3/c23-18(21-10-12-25-13-11-21)15-20-19(24)22-8-6-17(7-9-22)14-16-4-2-1-3-5-16/h1-5,17H,6-15H2,(H,20,24). The number of benzene rings is 1. The molecule has 2 fully saturated rings. The van der Waals surface area contributed by atoms with Gasteiger partial charge in [0.2, 0.25) is 5.91 Å². The van der Waals surface area contributed by atoms with Gasteiger partial charge in [-0.2, -0.15) is 0 Å². The van der Waals surface area contributed by atoms with Crippen molar-refractivity contribution in [1.29, 1.82) is 0 Å². The van der Waals surface area contributed by atoms with Gasteiger partial charge in [-0.3, -0.25) is 4.79 Å². The number of amides is 3. The summed E-state index contributed by atoms with van der Waals surface area (Å²) in [5.41, 5.74) is 1.36. The van der Waals surface area contributed by atoms with Gasteiger partial charge < -0.3 is 19.9 Å². The number of nitrogens with zero attached hydrogens (tertiary/aromatic N) is 2. The van der Waals surface area contributed by atoms with E-state index in [1.165, 1.54) is 5.56 Å². The quantitative estimate of drug-likeness (QED) is 0.900. The van der Waals surface area contributed by atoms with E-state index in [1.54, 1.807) is 4.90 Å². The third kappa shape index (κ3) is 5.19. The summed E-state index contributed by atoms with van der Waals surface area (Å²) < 4.78 is 5.23. The molecule has 1 aromatic carbocycles. The molecule has 6 nitrogen and oxygen atoms in total. The number of rotatable bonds is 4. The maximum atomic E-state index is 12.3. The molecule has 2 heterocycles. The molecule has 0 bridgehead atoms. The Hall–Kier alpha value is -2.08. The van der Waals surface area contributed by atoms with Crippen LogP contribution in [0, 0.1) is 5.92 Å². The Morgan fingerprint density at radius 1 is 1.00 bits per heavy atom. The third-order valence-electron chi connectivity index (χ3n) is 5.02. The molecule has 0 saturated carbocycles. The van der Waals surface area contributed by atoms with Crippen molar-refractivity contribution in [2.24, 2.45) is 5.92 Å². The number of ether oxygens (including phenoxy) is 1. The first-order valence-electron chi connectivity index (χ1n) is 9.14. The highest BCUT2D eigenvalue weighted by molar-refractivity contribution is 5.84. The highest BCUT2D eigenvalue weighted by Gasteiger charge is 2.24. The Kier molecular flexibility index (Phi) is 6.28. The number of piperidine rings is 1. The van der Waals surface area contributed by atoms with Gasteiger partial charge >= 0.3 is 6.03 Å². The van der Waals surface area contributed by atoms with Crippen molar-refractivity contribution in [2.45, 2.75) is 19.3 Å². The van der Waals surface area contributed by atoms with Crippen LogP contribution in [0.5, 0.6) is 0 Å². The lowest BCUT2D eigenvalue weighted by molar-refractivity contribution is -0.134. The molecule has 2 saturated heterocycles. The SMILES string of the molecule is O=C(CNC(=O)N1CCC(Cc2ccccc2)CC1)N1CCOCC1. The lowest BCUT2D eigenvalue weighted by Crippen LogP contribution is -2.49. The first kappa shape index (κ1) is 17.7. The normalized spacial score (nSPS) is 18.9. The van der Waals surface area contributed by atoms with E-state index < -0.39 is 0 Å². The minimum absolute atomic E-state index is 0.0318. The summed E-state index contributed by atoms with van der Waals surface area (Å²) in [7, 11) is 0. The van der Waals surface area contributed by atoms with Crippen LogP contribution in [0.4, 0.5) is 4.79 Å². The van der Waals surface area contributed by atoms with Gasteiger partial charge in [0.15, 0.2) is 0 Å². The second-order valence-electron chi connectivity index (χ2n) is 6.77. The van der Waals surface area contributed by atoms with Crippen LogP contribution in [-0.4, -0.2) is 67.7 Å². The van der Waals surface area contributed by atoms with E-state index in [-0.39, 0.29) is 18.5 Å². The van der Waals surface area contributed by atoms with E-state index in [0.29, 0.717) is 32.2 Å². The molecule has 25 heavy (non-hydrogen) atoms. The summed E-state index contributed by atoms with van der Waals surface area (Å²) in [6.45, 7) is 3.97. The topological polar surface area (TPSA) is 61.9 Å². The molecule has 2 aliphatic rings. The molecule has 3 rings (SSSR count). The number of morpholine rings is 1. The number of nitrogens with one attached hydrogen (secondary N) is 1. The van der Waals surface area contributed by atoms with Crippen molar-refractivity contribution in [3.63, 3.8) is 0 Å². The highest BCUT2D eigenvalue weighted by Crippen LogP contribution is 2.21. The van der Waals surface area contributed by atoms with Crippen molar-refractivity contribution >= 4 is 11.9 Å². The minimum atomic E-state index is -0.125. The minimum Gasteiger partial charge on any atom is -0.378 e. The maximum Gasteiger partial charge on any atom is 0.317 e. The summed E-state index contributed by atoms with van der Waals surface area (Å²) >= 11 is 0. The average Bonchev–Trinajstić information content (AvgIpc) is 2.68. The summed E-state index contributed by atoms with van der Waals surface area (Å²) in [5, 5.41) is 2.77. The lowest BCUT2D eigenvalue weighted by atomic mass is 9.90. The summed E-state index contributed by atoms with van der Waals surface area (Å²) in [6, 6.07) is 10.4. The highest BCUT2D eigenvalue weighted by atomic mass is 16.5. The second kappa shape index (κ2) is 8.85. The molecular weight excluding hydrogens is 318 g/mol. The Morgan fingerprint density at radius 2 is 1.68 bits per heavy atom. The van der Waals surface area contributed by atoms with Gasteiger partial charge in [-0.1, -0.05) is 30.3 Å². The molecule has 0 aromatic heterocycles. The van der Waals surface area contributed by atoms with Crippen molar-refractivity contribution in [3.8, 4) is 0 Å². The van der Waals surface area contributed by atoms with E-state index in [4.69, 9.17) is 4.74 Å². The number of likely N-dealkylation sites (tertiary alicyclic amines) is 1. The number of urea groups is 1. The smallest absolute Gasteiger partial charge is 0.317 e. The van der Waals surface area contributed by atoms with Crippen LogP contribution in [0.2, 0.25) is 0 Å². The molecular formula is C19H27N3O3. The molecule has 6 heteroatoms. The van der Waals surface area contributed by atoms with Gasteiger partial charge in [-0.05, 0) is 30.7 Å². The van der Waals surface area contributed by atoms with Gasteiger partial charge in [-0.15, -0.1) is 0 Å². The zero-order valence-corrected chi connectivity index (χ0v) is 14.7. The molecule has 0 aliphatic carbocycles. The lowest BCUT2D eigenvalue weighted by Gasteiger charge is -2.32. The fourth-order valence-electron chi connectivity index (χ4n) is 3.48. The Balaban J connectivity index is 1.37. The summed E-state index contributed by atoms with van der Waals surface area (Å²) in [4.78, 5) is 27.9. The predicted octanol–water partition coefficient (Wildman–Crippen LogP) is 1.51. The van der Waals surface area contributed by atoms with Crippen LogP contribution < -0.4 is 5.32 Å². The molecule has 0 atom stereocenters. The van der Waals surface area contributed by atoms with Crippen molar-refractivity contribution in [1.82, 2.24) is 15.1 Å². The monoisotopic (exact) mass is 345 g/mol. The molecule has 0 spiro atoms. The van der Waals surface area contributed by atoms with Crippen LogP contribution in [0.3, 0.4) is 0 Å². The van der Waals surface area contributed by atoms with Crippen molar-refractivity contribution in [2.75, 3.05) is 45.9 Å². The summed E-state index contributed by atoms with van der Waals surface area (Å²) in [6.07, 6.45) is 3.10. The fourth-order valence-corrected chi connectivity index (χ4v) is 3.48. The maximum absolute atomic E-state index is 12.3. The van der Waals surface area contributed by atoms with E-state index in [0.717, 1.165) is 32.4 Å². The Labute approximate surface area is 149 Å². The Morgan fingerprint density at radius 3 is 2.36 bits per heavy atom. The van der Waals surface area contributed by atoms with Crippen LogP contribution >= 0.6 is 0 Å². The number of hydrogen-bond donors (Lipinski definition) is 1. The fraction of sp³-hybridized carbons (Fsp3) is 0.579. The zero-order chi connectivity index (χ0) is 17.5. The molecule has 1 aromatic rings. The molecule has 2 aliphatic heterocycles. The zero-order valence-electron chi connectivity index (χ0n) is 14.7. The molecule has 0 radical (unpaired) electrons.